The second-order valence-electron chi connectivity index (χ2n) is 2.11. The standard InChI is InChI=1S/2C4H5NS.ClH/c2*5-4-1-2-6-3-4;/h2*1-3H,5H2;1H. The molecular formula is C8H11ClN2S2. The molecule has 5 heteroatoms. The molecule has 0 atom stereocenters. The largest absolute Gasteiger partial charge is 0.398 e. The lowest BCUT2D eigenvalue weighted by Crippen LogP contribution is -1.74. The maximum Gasteiger partial charge on any atom is 0.0422 e. The monoisotopic (exact) mass is 234 g/mol. The summed E-state index contributed by atoms with van der Waals surface area (Å²) in [6.07, 6.45) is 0. The van der Waals surface area contributed by atoms with Gasteiger partial charge in [-0.15, -0.1) is 12.4 Å². The fourth-order valence-electron chi connectivity index (χ4n) is 0.550. The number of nitrogen functional groups attached to an aromatic ring is 2. The predicted molar refractivity (Wildman–Crippen MR) is 64.7 cm³/mol. The second-order valence-corrected chi connectivity index (χ2v) is 3.67. The molecule has 0 spiro atoms. The highest BCUT2D eigenvalue weighted by atomic mass is 35.5. The van der Waals surface area contributed by atoms with Gasteiger partial charge < -0.3 is 11.5 Å². The average molecular weight is 235 g/mol. The van der Waals surface area contributed by atoms with E-state index in [0.29, 0.717) is 0 Å². The molecule has 0 aliphatic carbocycles. The summed E-state index contributed by atoms with van der Waals surface area (Å²) in [7, 11) is 0. The van der Waals surface area contributed by atoms with Crippen molar-refractivity contribution in [2.45, 2.75) is 0 Å². The minimum absolute atomic E-state index is 0. The van der Waals surface area contributed by atoms with Gasteiger partial charge in [-0.3, -0.25) is 0 Å². The smallest absolute Gasteiger partial charge is 0.0422 e. The van der Waals surface area contributed by atoms with Crippen LogP contribution < -0.4 is 11.5 Å². The Morgan fingerprint density at radius 1 is 0.846 bits per heavy atom. The Kier molecular flexibility index (Phi) is 6.40. The van der Waals surface area contributed by atoms with Gasteiger partial charge in [0.05, 0.1) is 0 Å². The quantitative estimate of drug-likeness (QED) is 0.736. The van der Waals surface area contributed by atoms with E-state index in [1.165, 1.54) is 0 Å². The fraction of sp³-hybridized carbons (Fsp3) is 0. The normalized spacial score (nSPS) is 8.00. The molecule has 72 valence electrons. The van der Waals surface area contributed by atoms with Crippen molar-refractivity contribution in [3.8, 4) is 0 Å². The second kappa shape index (κ2) is 6.77. The molecule has 4 N–H and O–H groups in total. The van der Waals surface area contributed by atoms with Crippen LogP contribution in [-0.2, 0) is 0 Å². The van der Waals surface area contributed by atoms with Crippen molar-refractivity contribution in [3.05, 3.63) is 33.7 Å². The molecule has 2 rings (SSSR count). The molecule has 0 fully saturated rings. The molecule has 2 aromatic rings. The molecule has 2 heterocycles. The molecular weight excluding hydrogens is 224 g/mol. The first kappa shape index (κ1) is 12.3. The number of hydrogen-bond donors (Lipinski definition) is 2. The predicted octanol–water partition coefficient (Wildman–Crippen LogP) is 3.08. The molecule has 0 unspecified atom stereocenters. The summed E-state index contributed by atoms with van der Waals surface area (Å²) in [5.74, 6) is 0. The van der Waals surface area contributed by atoms with Gasteiger partial charge >= 0.3 is 0 Å². The Balaban J connectivity index is 0.000000206. The van der Waals surface area contributed by atoms with Crippen LogP contribution in [0.5, 0.6) is 0 Å². The third kappa shape index (κ3) is 5.52. The first-order valence-electron chi connectivity index (χ1n) is 3.34. The molecule has 0 aliphatic rings. The SMILES string of the molecule is Cl.Nc1ccsc1.Nc1ccsc1. The maximum atomic E-state index is 5.29. The molecule has 0 radical (unpaired) electrons. The number of anilines is 2. The van der Waals surface area contributed by atoms with Crippen LogP contribution in [0.3, 0.4) is 0 Å². The van der Waals surface area contributed by atoms with Crippen molar-refractivity contribution in [3.63, 3.8) is 0 Å². The van der Waals surface area contributed by atoms with Gasteiger partial charge in [-0.2, -0.15) is 22.7 Å². The lowest BCUT2D eigenvalue weighted by molar-refractivity contribution is 1.89. The zero-order valence-electron chi connectivity index (χ0n) is 6.84. The van der Waals surface area contributed by atoms with Gasteiger partial charge in [0.15, 0.2) is 0 Å². The van der Waals surface area contributed by atoms with Crippen molar-refractivity contribution < 1.29 is 0 Å². The summed E-state index contributed by atoms with van der Waals surface area (Å²) in [5.41, 5.74) is 12.3. The van der Waals surface area contributed by atoms with Crippen molar-refractivity contribution in [2.24, 2.45) is 0 Å². The molecule has 0 saturated heterocycles. The number of hydrogen-bond acceptors (Lipinski definition) is 4. The summed E-state index contributed by atoms with van der Waals surface area (Å²) in [5, 5.41) is 7.71. The number of rotatable bonds is 0. The van der Waals surface area contributed by atoms with E-state index < -0.39 is 0 Å². The zero-order valence-corrected chi connectivity index (χ0v) is 9.29. The number of halogens is 1. The molecule has 0 amide bonds. The van der Waals surface area contributed by atoms with Crippen molar-refractivity contribution in [1.82, 2.24) is 0 Å². The van der Waals surface area contributed by atoms with E-state index in [-0.39, 0.29) is 12.4 Å². The van der Waals surface area contributed by atoms with Crippen LogP contribution in [0.25, 0.3) is 0 Å². The molecule has 0 saturated carbocycles. The molecule has 2 nitrogen and oxygen atoms in total. The summed E-state index contributed by atoms with van der Waals surface area (Å²) in [6.45, 7) is 0. The summed E-state index contributed by atoms with van der Waals surface area (Å²) < 4.78 is 0. The summed E-state index contributed by atoms with van der Waals surface area (Å²) in [4.78, 5) is 0. The zero-order chi connectivity index (χ0) is 8.81. The van der Waals surface area contributed by atoms with Gasteiger partial charge in [0, 0.05) is 22.1 Å². The molecule has 0 bridgehead atoms. The van der Waals surface area contributed by atoms with Crippen LogP contribution in [0, 0.1) is 0 Å². The first-order chi connectivity index (χ1) is 5.79. The van der Waals surface area contributed by atoms with Crippen LogP contribution in [0.15, 0.2) is 33.7 Å². The van der Waals surface area contributed by atoms with Crippen molar-refractivity contribution in [1.29, 1.82) is 0 Å². The van der Waals surface area contributed by atoms with Crippen LogP contribution in [-0.4, -0.2) is 0 Å². The van der Waals surface area contributed by atoms with Crippen LogP contribution in [0.2, 0.25) is 0 Å². The van der Waals surface area contributed by atoms with Gasteiger partial charge in [0.1, 0.15) is 0 Å². The Bertz CT molecular complexity index is 260. The highest BCUT2D eigenvalue weighted by Gasteiger charge is 1.75. The van der Waals surface area contributed by atoms with Gasteiger partial charge in [-0.1, -0.05) is 0 Å². The lowest BCUT2D eigenvalue weighted by Gasteiger charge is -1.68. The Hall–Kier alpha value is -0.710. The lowest BCUT2D eigenvalue weighted by atomic mass is 10.6. The van der Waals surface area contributed by atoms with Crippen molar-refractivity contribution >= 4 is 46.5 Å². The van der Waals surface area contributed by atoms with Gasteiger partial charge in [-0.05, 0) is 22.9 Å². The van der Waals surface area contributed by atoms with E-state index >= 15 is 0 Å². The fourth-order valence-corrected chi connectivity index (χ4v) is 1.65. The third-order valence-corrected chi connectivity index (χ3v) is 2.49. The van der Waals surface area contributed by atoms with E-state index in [0.717, 1.165) is 11.4 Å². The van der Waals surface area contributed by atoms with Gasteiger partial charge in [0.25, 0.3) is 0 Å². The molecule has 13 heavy (non-hydrogen) atoms. The maximum absolute atomic E-state index is 5.29. The highest BCUT2D eigenvalue weighted by molar-refractivity contribution is 7.08. The Labute approximate surface area is 91.6 Å². The molecule has 2 aromatic heterocycles. The highest BCUT2D eigenvalue weighted by Crippen LogP contribution is 2.05. The topological polar surface area (TPSA) is 52.0 Å². The Morgan fingerprint density at radius 3 is 1.31 bits per heavy atom. The number of nitrogens with two attached hydrogens (primary N) is 2. The average Bonchev–Trinajstić information content (AvgIpc) is 2.63. The van der Waals surface area contributed by atoms with E-state index in [4.69, 9.17) is 11.5 Å². The minimum Gasteiger partial charge on any atom is -0.398 e. The summed E-state index contributed by atoms with van der Waals surface area (Å²) >= 11 is 3.23. The van der Waals surface area contributed by atoms with Crippen molar-refractivity contribution in [2.75, 3.05) is 11.5 Å². The van der Waals surface area contributed by atoms with E-state index in [9.17, 15) is 0 Å². The Morgan fingerprint density at radius 2 is 1.23 bits per heavy atom. The minimum atomic E-state index is 0. The number of thiophene rings is 2. The molecule has 0 aliphatic heterocycles. The van der Waals surface area contributed by atoms with Gasteiger partial charge in [0.2, 0.25) is 0 Å². The van der Waals surface area contributed by atoms with E-state index in [1.54, 1.807) is 22.7 Å². The van der Waals surface area contributed by atoms with Crippen LogP contribution >= 0.6 is 35.1 Å². The van der Waals surface area contributed by atoms with Crippen LogP contribution in [0.1, 0.15) is 0 Å². The first-order valence-corrected chi connectivity index (χ1v) is 5.23. The van der Waals surface area contributed by atoms with Gasteiger partial charge in [-0.25, -0.2) is 0 Å². The van der Waals surface area contributed by atoms with E-state index in [1.807, 2.05) is 33.7 Å². The third-order valence-electron chi connectivity index (χ3n) is 1.09. The van der Waals surface area contributed by atoms with E-state index in [2.05, 4.69) is 0 Å². The van der Waals surface area contributed by atoms with Crippen LogP contribution in [0.4, 0.5) is 11.4 Å². The molecule has 0 aromatic carbocycles. The summed E-state index contributed by atoms with van der Waals surface area (Å²) in [6, 6.07) is 3.76.